The number of hydrogen-bond acceptors (Lipinski definition) is 7. The maximum Gasteiger partial charge on any atom is 0.230 e. The fourth-order valence-electron chi connectivity index (χ4n) is 3.45. The zero-order valence-electron chi connectivity index (χ0n) is 17.9. The molecule has 2 heterocycles. The van der Waals surface area contributed by atoms with E-state index in [1.54, 1.807) is 23.6 Å². The molecule has 0 saturated heterocycles. The summed E-state index contributed by atoms with van der Waals surface area (Å²) in [5.74, 6) is 1.48. The summed E-state index contributed by atoms with van der Waals surface area (Å²) in [5, 5.41) is 7.98. The lowest BCUT2D eigenvalue weighted by molar-refractivity contribution is -0.115. The van der Waals surface area contributed by atoms with Gasteiger partial charge in [-0.1, -0.05) is 36.0 Å². The van der Waals surface area contributed by atoms with E-state index in [0.717, 1.165) is 38.8 Å². The fraction of sp³-hybridized carbons (Fsp3) is 0.250. The van der Waals surface area contributed by atoms with Gasteiger partial charge in [0.15, 0.2) is 10.3 Å². The molecule has 0 spiro atoms. The van der Waals surface area contributed by atoms with Crippen molar-refractivity contribution in [3.05, 3.63) is 65.2 Å². The topological polar surface area (TPSA) is 71.0 Å². The molecule has 1 saturated carbocycles. The predicted molar refractivity (Wildman–Crippen MR) is 132 cm³/mol. The minimum atomic E-state index is -0.0576. The molecule has 2 aromatic heterocycles. The lowest BCUT2D eigenvalue weighted by Crippen LogP contribution is -2.22. The number of rotatable bonds is 7. The lowest BCUT2D eigenvalue weighted by atomic mass is 10.2. The second-order valence-electron chi connectivity index (χ2n) is 7.89. The van der Waals surface area contributed by atoms with Gasteiger partial charge in [-0.3, -0.25) is 9.69 Å². The number of anilines is 3. The van der Waals surface area contributed by atoms with Gasteiger partial charge in [0.05, 0.1) is 16.9 Å². The van der Waals surface area contributed by atoms with Gasteiger partial charge in [0.1, 0.15) is 5.82 Å². The van der Waals surface area contributed by atoms with E-state index >= 15 is 0 Å². The van der Waals surface area contributed by atoms with Gasteiger partial charge in [-0.2, -0.15) is 0 Å². The number of aryl methyl sites for hydroxylation is 1. The molecule has 1 amide bonds. The second kappa shape index (κ2) is 8.88. The van der Waals surface area contributed by atoms with Crippen LogP contribution in [0.15, 0.2) is 59.1 Å². The highest BCUT2D eigenvalue weighted by Crippen LogP contribution is 2.33. The van der Waals surface area contributed by atoms with Gasteiger partial charge in [0.25, 0.3) is 0 Å². The van der Waals surface area contributed by atoms with Crippen LogP contribution in [0, 0.1) is 6.92 Å². The maximum atomic E-state index is 12.4. The number of para-hydroxylation sites is 1. The van der Waals surface area contributed by atoms with Crippen molar-refractivity contribution < 1.29 is 4.79 Å². The highest BCUT2D eigenvalue weighted by Gasteiger charge is 2.23. The van der Waals surface area contributed by atoms with E-state index in [1.165, 1.54) is 24.2 Å². The molecule has 2 aromatic carbocycles. The molecule has 8 heteroatoms. The van der Waals surface area contributed by atoms with E-state index < -0.39 is 0 Å². The Kier molecular flexibility index (Phi) is 5.80. The van der Waals surface area contributed by atoms with Crippen LogP contribution >= 0.6 is 23.1 Å². The predicted octanol–water partition coefficient (Wildman–Crippen LogP) is 5.95. The summed E-state index contributed by atoms with van der Waals surface area (Å²) in [4.78, 5) is 28.3. The Hall–Kier alpha value is -2.97. The first-order chi connectivity index (χ1) is 15.6. The lowest BCUT2D eigenvalue weighted by Gasteiger charge is -2.18. The smallest absolute Gasteiger partial charge is 0.230 e. The first kappa shape index (κ1) is 20.9. The Balaban J connectivity index is 1.36. The first-order valence-corrected chi connectivity index (χ1v) is 12.4. The molecule has 0 unspecified atom stereocenters. The zero-order chi connectivity index (χ0) is 22.1. The van der Waals surface area contributed by atoms with Crippen LogP contribution in [0.4, 0.5) is 16.6 Å². The van der Waals surface area contributed by atoms with Crippen molar-refractivity contribution in [1.82, 2.24) is 15.0 Å². The summed E-state index contributed by atoms with van der Waals surface area (Å²) >= 11 is 3.03. The molecule has 4 aromatic rings. The monoisotopic (exact) mass is 461 g/mol. The normalized spacial score (nSPS) is 13.3. The third-order valence-electron chi connectivity index (χ3n) is 5.16. The molecule has 6 nitrogen and oxygen atoms in total. The Bertz CT molecular complexity index is 1280. The standard InChI is InChI=1S/C24H23N5OS2/c1-15-6-5-7-19(12-15)29(16(2)30)24-26-18(14-32-24)13-31-23-27-21-9-4-3-8-20(21)22(28-23)25-17-10-11-17/h3-9,12,14,17H,10-11,13H2,1-2H3,(H,25,27,28). The zero-order valence-corrected chi connectivity index (χ0v) is 19.5. The van der Waals surface area contributed by atoms with Crippen LogP contribution in [0.1, 0.15) is 31.0 Å². The molecular formula is C24H23N5OS2. The van der Waals surface area contributed by atoms with Crippen LogP contribution < -0.4 is 10.2 Å². The van der Waals surface area contributed by atoms with Crippen molar-refractivity contribution in [2.45, 2.75) is 43.6 Å². The number of carbonyl (C=O) groups excluding carboxylic acids is 1. The summed E-state index contributed by atoms with van der Waals surface area (Å²) in [6, 6.07) is 16.5. The highest BCUT2D eigenvalue weighted by atomic mass is 32.2. The van der Waals surface area contributed by atoms with E-state index in [4.69, 9.17) is 15.0 Å². The molecule has 162 valence electrons. The van der Waals surface area contributed by atoms with Crippen LogP contribution in [-0.4, -0.2) is 26.9 Å². The van der Waals surface area contributed by atoms with E-state index in [9.17, 15) is 4.79 Å². The number of thiazole rings is 1. The summed E-state index contributed by atoms with van der Waals surface area (Å²) in [6.45, 7) is 3.58. The van der Waals surface area contributed by atoms with Crippen molar-refractivity contribution in [2.75, 3.05) is 10.2 Å². The molecular weight excluding hydrogens is 438 g/mol. The van der Waals surface area contributed by atoms with E-state index in [1.807, 2.05) is 54.8 Å². The van der Waals surface area contributed by atoms with Crippen molar-refractivity contribution in [2.24, 2.45) is 0 Å². The number of nitrogens with one attached hydrogen (secondary N) is 1. The molecule has 1 fully saturated rings. The van der Waals surface area contributed by atoms with E-state index in [0.29, 0.717) is 16.9 Å². The van der Waals surface area contributed by atoms with Gasteiger partial charge < -0.3 is 5.32 Å². The average molecular weight is 462 g/mol. The largest absolute Gasteiger partial charge is 0.367 e. The number of thioether (sulfide) groups is 1. The quantitative estimate of drug-likeness (QED) is 0.271. The van der Waals surface area contributed by atoms with Crippen molar-refractivity contribution >= 4 is 56.5 Å². The van der Waals surface area contributed by atoms with Gasteiger partial charge in [-0.15, -0.1) is 11.3 Å². The van der Waals surface area contributed by atoms with Gasteiger partial charge in [-0.05, 0) is 49.6 Å². The van der Waals surface area contributed by atoms with Gasteiger partial charge >= 0.3 is 0 Å². The third kappa shape index (κ3) is 4.61. The van der Waals surface area contributed by atoms with Crippen molar-refractivity contribution in [1.29, 1.82) is 0 Å². The number of carbonyl (C=O) groups is 1. The van der Waals surface area contributed by atoms with Crippen molar-refractivity contribution in [3.8, 4) is 0 Å². The molecule has 1 aliphatic rings. The first-order valence-electron chi connectivity index (χ1n) is 10.5. The molecule has 0 bridgehead atoms. The number of fused-ring (bicyclic) bond motifs is 1. The maximum absolute atomic E-state index is 12.4. The van der Waals surface area contributed by atoms with E-state index in [-0.39, 0.29) is 5.91 Å². The minimum Gasteiger partial charge on any atom is -0.367 e. The molecule has 1 aliphatic carbocycles. The number of amides is 1. The van der Waals surface area contributed by atoms with Crippen LogP contribution in [0.2, 0.25) is 0 Å². The Morgan fingerprint density at radius 1 is 1.16 bits per heavy atom. The van der Waals surface area contributed by atoms with Crippen LogP contribution in [0.25, 0.3) is 10.9 Å². The second-order valence-corrected chi connectivity index (χ2v) is 9.67. The number of hydrogen-bond donors (Lipinski definition) is 1. The van der Waals surface area contributed by atoms with Crippen molar-refractivity contribution in [3.63, 3.8) is 0 Å². The highest BCUT2D eigenvalue weighted by molar-refractivity contribution is 7.98. The molecule has 0 radical (unpaired) electrons. The summed E-state index contributed by atoms with van der Waals surface area (Å²) in [5.41, 5.74) is 3.78. The number of benzene rings is 2. The molecule has 0 aliphatic heterocycles. The van der Waals surface area contributed by atoms with Gasteiger partial charge in [-0.25, -0.2) is 15.0 Å². The van der Waals surface area contributed by atoms with Crippen LogP contribution in [0.3, 0.4) is 0 Å². The summed E-state index contributed by atoms with van der Waals surface area (Å²) in [6.07, 6.45) is 2.38. The molecule has 0 atom stereocenters. The Labute approximate surface area is 195 Å². The van der Waals surface area contributed by atoms with Crippen LogP contribution in [-0.2, 0) is 10.5 Å². The van der Waals surface area contributed by atoms with Gasteiger partial charge in [0, 0.05) is 29.5 Å². The average Bonchev–Trinajstić information content (AvgIpc) is 3.47. The Morgan fingerprint density at radius 3 is 2.78 bits per heavy atom. The molecule has 32 heavy (non-hydrogen) atoms. The molecule has 5 rings (SSSR count). The third-order valence-corrected chi connectivity index (χ3v) is 6.91. The minimum absolute atomic E-state index is 0.0576. The summed E-state index contributed by atoms with van der Waals surface area (Å²) in [7, 11) is 0. The SMILES string of the molecule is CC(=O)N(c1cccc(C)c1)c1nc(CSc2nc(NC3CC3)c3ccccc3n2)cs1. The molecule has 1 N–H and O–H groups in total. The van der Waals surface area contributed by atoms with E-state index in [2.05, 4.69) is 11.4 Å². The fourth-order valence-corrected chi connectivity index (χ4v) is 5.18. The van der Waals surface area contributed by atoms with Crippen LogP contribution in [0.5, 0.6) is 0 Å². The van der Waals surface area contributed by atoms with Gasteiger partial charge in [0.2, 0.25) is 5.91 Å². The number of aromatic nitrogens is 3. The Morgan fingerprint density at radius 2 is 2.00 bits per heavy atom. The summed E-state index contributed by atoms with van der Waals surface area (Å²) < 4.78 is 0. The number of nitrogens with zero attached hydrogens (tertiary/aromatic N) is 4.